The molecular weight excluding hydrogens is 270 g/mol. The van der Waals surface area contributed by atoms with Gasteiger partial charge in [-0.1, -0.05) is 0 Å². The molecule has 118 valence electrons. The number of primary amides is 1. The second-order valence-electron chi connectivity index (χ2n) is 5.71. The van der Waals surface area contributed by atoms with Crippen LogP contribution in [0.1, 0.15) is 24.6 Å². The summed E-state index contributed by atoms with van der Waals surface area (Å²) in [4.78, 5) is 13.8. The summed E-state index contributed by atoms with van der Waals surface area (Å²) < 4.78 is 7.34. The highest BCUT2D eigenvalue weighted by Crippen LogP contribution is 2.34. The molecule has 2 unspecified atom stereocenters. The molecule has 0 saturated carbocycles. The molecule has 3 N–H and O–H groups in total. The van der Waals surface area contributed by atoms with Gasteiger partial charge < -0.3 is 20.7 Å². The predicted octanol–water partition coefficient (Wildman–Crippen LogP) is -0.0207. The minimum absolute atomic E-state index is 0.129. The Morgan fingerprint density at radius 2 is 2.38 bits per heavy atom. The Labute approximate surface area is 125 Å². The molecule has 21 heavy (non-hydrogen) atoms. The molecule has 1 fully saturated rings. The first-order valence-corrected chi connectivity index (χ1v) is 7.31. The fraction of sp³-hybridized carbons (Fsp3) is 0.714. The maximum atomic E-state index is 11.7. The topological polar surface area (TPSA) is 85.4 Å². The molecule has 1 aromatic heterocycles. The number of likely N-dealkylation sites (N-methyl/N-ethyl adjacent to an activating group) is 1. The van der Waals surface area contributed by atoms with Gasteiger partial charge in [0.15, 0.2) is 5.75 Å². The number of carbonyl (C=O) groups is 1. The summed E-state index contributed by atoms with van der Waals surface area (Å²) in [6.45, 7) is 2.48. The van der Waals surface area contributed by atoms with Crippen molar-refractivity contribution in [2.75, 3.05) is 34.3 Å². The van der Waals surface area contributed by atoms with Crippen molar-refractivity contribution in [3.63, 3.8) is 0 Å². The van der Waals surface area contributed by atoms with Crippen LogP contribution in [0.4, 0.5) is 0 Å². The molecule has 1 aliphatic heterocycles. The summed E-state index contributed by atoms with van der Waals surface area (Å²) in [6, 6.07) is -0.129. The van der Waals surface area contributed by atoms with Crippen LogP contribution in [0.15, 0.2) is 6.20 Å². The SMILES string of the molecule is COc1cnn(CCN(C)C)c1C1NCCCC1C(N)=O. The lowest BCUT2D eigenvalue weighted by atomic mass is 9.88. The summed E-state index contributed by atoms with van der Waals surface area (Å²) in [7, 11) is 5.66. The Balaban J connectivity index is 2.30. The van der Waals surface area contributed by atoms with Gasteiger partial charge in [0.1, 0.15) is 0 Å². The summed E-state index contributed by atoms with van der Waals surface area (Å²) >= 11 is 0. The van der Waals surface area contributed by atoms with E-state index in [1.807, 2.05) is 18.8 Å². The van der Waals surface area contributed by atoms with Crippen molar-refractivity contribution in [3.05, 3.63) is 11.9 Å². The third kappa shape index (κ3) is 3.54. The van der Waals surface area contributed by atoms with Crippen LogP contribution in [0.5, 0.6) is 5.75 Å². The molecule has 2 heterocycles. The van der Waals surface area contributed by atoms with E-state index in [0.717, 1.165) is 38.2 Å². The van der Waals surface area contributed by atoms with Crippen molar-refractivity contribution in [1.29, 1.82) is 0 Å². The number of methoxy groups -OCH3 is 1. The Bertz CT molecular complexity index is 486. The van der Waals surface area contributed by atoms with Gasteiger partial charge in [0, 0.05) is 6.54 Å². The minimum atomic E-state index is -0.269. The zero-order valence-corrected chi connectivity index (χ0v) is 13.0. The van der Waals surface area contributed by atoms with Crippen molar-refractivity contribution in [2.45, 2.75) is 25.4 Å². The van der Waals surface area contributed by atoms with Crippen molar-refractivity contribution in [2.24, 2.45) is 11.7 Å². The second-order valence-corrected chi connectivity index (χ2v) is 5.71. The van der Waals surface area contributed by atoms with Crippen LogP contribution in [-0.2, 0) is 11.3 Å². The van der Waals surface area contributed by atoms with E-state index in [9.17, 15) is 4.79 Å². The molecule has 2 rings (SSSR count). The van der Waals surface area contributed by atoms with Crippen molar-refractivity contribution >= 4 is 5.91 Å². The quantitative estimate of drug-likeness (QED) is 0.770. The predicted molar refractivity (Wildman–Crippen MR) is 80.0 cm³/mol. The van der Waals surface area contributed by atoms with Gasteiger partial charge >= 0.3 is 0 Å². The van der Waals surface area contributed by atoms with Crippen molar-refractivity contribution in [1.82, 2.24) is 20.0 Å². The normalized spacial score (nSPS) is 22.5. The molecular formula is C14H25N5O2. The summed E-state index contributed by atoms with van der Waals surface area (Å²) in [5, 5.41) is 7.80. The molecule has 0 aliphatic carbocycles. The van der Waals surface area contributed by atoms with Gasteiger partial charge in [-0.05, 0) is 33.5 Å². The Morgan fingerprint density at radius 1 is 1.62 bits per heavy atom. The van der Waals surface area contributed by atoms with E-state index in [1.54, 1.807) is 13.3 Å². The maximum absolute atomic E-state index is 11.7. The molecule has 0 bridgehead atoms. The van der Waals surface area contributed by atoms with Crippen LogP contribution in [0.25, 0.3) is 0 Å². The number of nitrogens with zero attached hydrogens (tertiary/aromatic N) is 3. The lowest BCUT2D eigenvalue weighted by molar-refractivity contribution is -0.123. The van der Waals surface area contributed by atoms with Crippen molar-refractivity contribution < 1.29 is 9.53 Å². The number of hydrogen-bond donors (Lipinski definition) is 2. The maximum Gasteiger partial charge on any atom is 0.222 e. The minimum Gasteiger partial charge on any atom is -0.493 e. The number of nitrogens with one attached hydrogen (secondary N) is 1. The number of carbonyl (C=O) groups excluding carboxylic acids is 1. The van der Waals surface area contributed by atoms with Crippen LogP contribution < -0.4 is 15.8 Å². The second kappa shape index (κ2) is 6.91. The number of piperidine rings is 1. The molecule has 1 aliphatic rings. The lowest BCUT2D eigenvalue weighted by Gasteiger charge is -2.31. The average Bonchev–Trinajstić information content (AvgIpc) is 2.87. The van der Waals surface area contributed by atoms with E-state index in [1.165, 1.54) is 0 Å². The van der Waals surface area contributed by atoms with E-state index in [2.05, 4.69) is 15.3 Å². The van der Waals surface area contributed by atoms with Crippen LogP contribution in [0.3, 0.4) is 0 Å². The lowest BCUT2D eigenvalue weighted by Crippen LogP contribution is -2.42. The molecule has 1 aromatic rings. The van der Waals surface area contributed by atoms with E-state index in [-0.39, 0.29) is 17.9 Å². The van der Waals surface area contributed by atoms with Gasteiger partial charge in [-0.3, -0.25) is 9.48 Å². The third-order valence-corrected chi connectivity index (χ3v) is 3.94. The highest BCUT2D eigenvalue weighted by atomic mass is 16.5. The standard InChI is InChI=1S/C14H25N5O2/c1-18(2)7-8-19-13(11(21-3)9-17-19)12-10(14(15)20)5-4-6-16-12/h9-10,12,16H,4-8H2,1-3H3,(H2,15,20). The largest absolute Gasteiger partial charge is 0.493 e. The van der Waals surface area contributed by atoms with Gasteiger partial charge in [0.05, 0.1) is 37.5 Å². The average molecular weight is 295 g/mol. The number of rotatable bonds is 6. The molecule has 7 heteroatoms. The summed E-state index contributed by atoms with van der Waals surface area (Å²) in [5.41, 5.74) is 6.49. The number of hydrogen-bond acceptors (Lipinski definition) is 5. The van der Waals surface area contributed by atoms with E-state index in [4.69, 9.17) is 10.5 Å². The van der Waals surface area contributed by atoms with Crippen LogP contribution in [-0.4, -0.2) is 54.9 Å². The number of ether oxygens (including phenoxy) is 1. The first kappa shape index (κ1) is 15.8. The monoisotopic (exact) mass is 295 g/mol. The Hall–Kier alpha value is -1.60. The summed E-state index contributed by atoms with van der Waals surface area (Å²) in [6.07, 6.45) is 3.46. The van der Waals surface area contributed by atoms with E-state index < -0.39 is 0 Å². The Kier molecular flexibility index (Phi) is 5.19. The molecule has 2 atom stereocenters. The van der Waals surface area contributed by atoms with Crippen LogP contribution in [0.2, 0.25) is 0 Å². The molecule has 0 aromatic carbocycles. The molecule has 1 amide bonds. The van der Waals surface area contributed by atoms with Gasteiger partial charge in [-0.2, -0.15) is 5.10 Å². The summed E-state index contributed by atoms with van der Waals surface area (Å²) in [5.74, 6) is 0.219. The fourth-order valence-corrected chi connectivity index (χ4v) is 2.80. The third-order valence-electron chi connectivity index (χ3n) is 3.94. The van der Waals surface area contributed by atoms with Crippen molar-refractivity contribution in [3.8, 4) is 5.75 Å². The van der Waals surface area contributed by atoms with Crippen LogP contribution >= 0.6 is 0 Å². The first-order chi connectivity index (χ1) is 10.0. The number of amides is 1. The molecule has 0 radical (unpaired) electrons. The van der Waals surface area contributed by atoms with Gasteiger partial charge in [-0.15, -0.1) is 0 Å². The highest BCUT2D eigenvalue weighted by molar-refractivity contribution is 5.77. The van der Waals surface area contributed by atoms with Gasteiger partial charge in [-0.25, -0.2) is 0 Å². The number of nitrogens with two attached hydrogens (primary N) is 1. The van der Waals surface area contributed by atoms with Crippen LogP contribution in [0, 0.1) is 5.92 Å². The van der Waals surface area contributed by atoms with E-state index in [0.29, 0.717) is 5.75 Å². The smallest absolute Gasteiger partial charge is 0.222 e. The Morgan fingerprint density at radius 3 is 3.00 bits per heavy atom. The van der Waals surface area contributed by atoms with E-state index >= 15 is 0 Å². The van der Waals surface area contributed by atoms with Gasteiger partial charge in [0.25, 0.3) is 0 Å². The zero-order chi connectivity index (χ0) is 15.4. The first-order valence-electron chi connectivity index (χ1n) is 7.31. The molecule has 1 saturated heterocycles. The molecule has 7 nitrogen and oxygen atoms in total. The highest BCUT2D eigenvalue weighted by Gasteiger charge is 2.34. The fourth-order valence-electron chi connectivity index (χ4n) is 2.80. The molecule has 0 spiro atoms. The van der Waals surface area contributed by atoms with Gasteiger partial charge in [0.2, 0.25) is 5.91 Å². The number of aromatic nitrogens is 2. The zero-order valence-electron chi connectivity index (χ0n) is 13.0.